The minimum atomic E-state index is -3.49. The zero-order valence-electron chi connectivity index (χ0n) is 13.0. The van der Waals surface area contributed by atoms with Crippen molar-refractivity contribution >= 4 is 30.3 Å². The maximum absolute atomic E-state index is 12.9. The molecule has 122 valence electrons. The smallest absolute Gasteiger partial charge is 0.308 e. The highest BCUT2D eigenvalue weighted by Gasteiger charge is 2.47. The molecule has 1 unspecified atom stereocenters. The van der Waals surface area contributed by atoms with Gasteiger partial charge in [0.25, 0.3) is 0 Å². The van der Waals surface area contributed by atoms with Gasteiger partial charge in [-0.25, -0.2) is 0 Å². The number of thioether (sulfide) groups is 1. The first-order valence-corrected chi connectivity index (χ1v) is 10.1. The van der Waals surface area contributed by atoms with Crippen LogP contribution in [0.3, 0.4) is 0 Å². The van der Waals surface area contributed by atoms with Gasteiger partial charge in [0.15, 0.2) is 5.12 Å². The second-order valence-electron chi connectivity index (χ2n) is 4.95. The van der Waals surface area contributed by atoms with E-state index in [0.29, 0.717) is 12.2 Å². The Bertz CT molecular complexity index is 402. The summed E-state index contributed by atoms with van der Waals surface area (Å²) in [6.45, 7) is 5.83. The van der Waals surface area contributed by atoms with Crippen LogP contribution in [0.1, 0.15) is 46.5 Å². The van der Waals surface area contributed by atoms with Gasteiger partial charge in [-0.15, -0.1) is 0 Å². The molecule has 1 aliphatic carbocycles. The Morgan fingerprint density at radius 2 is 1.90 bits per heavy atom. The number of carbonyl (C=O) groups is 2. The zero-order valence-corrected chi connectivity index (χ0v) is 14.7. The molecule has 1 aliphatic rings. The van der Waals surface area contributed by atoms with E-state index in [1.165, 1.54) is 11.8 Å². The predicted molar refractivity (Wildman–Crippen MR) is 84.8 cm³/mol. The van der Waals surface area contributed by atoms with Gasteiger partial charge in [-0.2, -0.15) is 0 Å². The minimum absolute atomic E-state index is 0.0433. The summed E-state index contributed by atoms with van der Waals surface area (Å²) >= 11 is 1.24. The summed E-state index contributed by atoms with van der Waals surface area (Å²) in [5.74, 6) is 0.381. The highest BCUT2D eigenvalue weighted by molar-refractivity contribution is 8.13. The average Bonchev–Trinajstić information content (AvgIpc) is 2.39. The molecule has 0 amide bonds. The molecule has 0 radical (unpaired) electrons. The van der Waals surface area contributed by atoms with Gasteiger partial charge in [-0.1, -0.05) is 18.7 Å². The summed E-state index contributed by atoms with van der Waals surface area (Å²) in [6, 6.07) is 0. The van der Waals surface area contributed by atoms with Gasteiger partial charge in [-0.3, -0.25) is 14.2 Å². The van der Waals surface area contributed by atoms with Crippen molar-refractivity contribution in [2.75, 3.05) is 19.0 Å². The molecule has 21 heavy (non-hydrogen) atoms. The summed E-state index contributed by atoms with van der Waals surface area (Å²) in [5.41, 5.74) is -0.785. The molecule has 0 aliphatic heterocycles. The monoisotopic (exact) mass is 336 g/mol. The fourth-order valence-electron chi connectivity index (χ4n) is 2.75. The van der Waals surface area contributed by atoms with Crippen molar-refractivity contribution in [2.24, 2.45) is 5.92 Å². The molecule has 5 nitrogen and oxygen atoms in total. The lowest BCUT2D eigenvalue weighted by Gasteiger charge is -2.34. The van der Waals surface area contributed by atoms with E-state index >= 15 is 0 Å². The molecule has 2 atom stereocenters. The molecule has 0 aromatic rings. The van der Waals surface area contributed by atoms with Crippen LogP contribution >= 0.6 is 19.4 Å². The van der Waals surface area contributed by atoms with Crippen molar-refractivity contribution in [3.63, 3.8) is 0 Å². The Balaban J connectivity index is 2.96. The summed E-state index contributed by atoms with van der Waals surface area (Å²) in [7, 11) is -3.49. The Labute approximate surface area is 131 Å². The van der Waals surface area contributed by atoms with Gasteiger partial charge in [-0.05, 0) is 38.4 Å². The van der Waals surface area contributed by atoms with E-state index in [1.54, 1.807) is 13.8 Å². The quantitative estimate of drug-likeness (QED) is 0.630. The highest BCUT2D eigenvalue weighted by Crippen LogP contribution is 2.58. The van der Waals surface area contributed by atoms with E-state index in [0.717, 1.165) is 12.8 Å². The fraction of sp³-hybridized carbons (Fsp3) is 0.857. The summed E-state index contributed by atoms with van der Waals surface area (Å²) in [6.07, 6.45) is 2.11. The average molecular weight is 336 g/mol. The predicted octanol–water partition coefficient (Wildman–Crippen LogP) is 3.66. The van der Waals surface area contributed by atoms with Crippen molar-refractivity contribution < 1.29 is 23.2 Å². The number of Topliss-reactive ketones (excluding diaryl/α,β-unsaturated/α-hetero) is 1. The SMILES string of the molecule is CCOP(=O)(OCC)C1C(=O)CCC[C@@H]1CC(=O)SCC. The van der Waals surface area contributed by atoms with Crippen LogP contribution in [0.5, 0.6) is 0 Å². The van der Waals surface area contributed by atoms with Crippen LogP contribution in [0.25, 0.3) is 0 Å². The third-order valence-electron chi connectivity index (χ3n) is 3.47. The second kappa shape index (κ2) is 9.09. The van der Waals surface area contributed by atoms with E-state index in [-0.39, 0.29) is 36.5 Å². The van der Waals surface area contributed by atoms with Crippen molar-refractivity contribution in [2.45, 2.75) is 52.1 Å². The third kappa shape index (κ3) is 5.20. The maximum atomic E-state index is 12.9. The molecular weight excluding hydrogens is 311 g/mol. The van der Waals surface area contributed by atoms with E-state index in [1.807, 2.05) is 6.92 Å². The lowest BCUT2D eigenvalue weighted by atomic mass is 9.86. The van der Waals surface area contributed by atoms with Crippen LogP contribution in [-0.4, -0.2) is 35.5 Å². The van der Waals surface area contributed by atoms with Crippen molar-refractivity contribution in [1.29, 1.82) is 0 Å². The molecule has 7 heteroatoms. The number of ketones is 1. The van der Waals surface area contributed by atoms with Crippen LogP contribution in [0.15, 0.2) is 0 Å². The molecule has 0 heterocycles. The molecule has 0 saturated heterocycles. The Hall–Kier alpha value is -0.160. The normalized spacial score (nSPS) is 23.3. The van der Waals surface area contributed by atoms with E-state index < -0.39 is 13.3 Å². The van der Waals surface area contributed by atoms with Crippen LogP contribution in [0.4, 0.5) is 0 Å². The molecule has 0 spiro atoms. The minimum Gasteiger partial charge on any atom is -0.308 e. The zero-order chi connectivity index (χ0) is 15.9. The molecule has 0 aromatic carbocycles. The van der Waals surface area contributed by atoms with E-state index in [2.05, 4.69) is 0 Å². The maximum Gasteiger partial charge on any atom is 0.341 e. The van der Waals surface area contributed by atoms with Crippen molar-refractivity contribution in [3.8, 4) is 0 Å². The first-order valence-electron chi connectivity index (χ1n) is 7.55. The largest absolute Gasteiger partial charge is 0.341 e. The first-order chi connectivity index (χ1) is 9.98. The highest BCUT2D eigenvalue weighted by atomic mass is 32.2. The van der Waals surface area contributed by atoms with Gasteiger partial charge in [0, 0.05) is 12.8 Å². The first kappa shape index (κ1) is 18.9. The molecule has 0 aromatic heterocycles. The fourth-order valence-corrected chi connectivity index (χ4v) is 5.77. The van der Waals surface area contributed by atoms with E-state index in [9.17, 15) is 14.2 Å². The van der Waals surface area contributed by atoms with Gasteiger partial charge in [0.05, 0.1) is 13.2 Å². The van der Waals surface area contributed by atoms with E-state index in [4.69, 9.17) is 9.05 Å². The summed E-state index contributed by atoms with van der Waals surface area (Å²) < 4.78 is 23.6. The Morgan fingerprint density at radius 3 is 2.43 bits per heavy atom. The summed E-state index contributed by atoms with van der Waals surface area (Å²) in [5, 5.41) is 0.0433. The van der Waals surface area contributed by atoms with Crippen LogP contribution in [0.2, 0.25) is 0 Å². The van der Waals surface area contributed by atoms with Crippen molar-refractivity contribution in [1.82, 2.24) is 0 Å². The molecule has 1 saturated carbocycles. The lowest BCUT2D eigenvalue weighted by molar-refractivity contribution is -0.122. The standard InChI is InChI=1S/C14H25O5PS/c1-4-18-20(17,19-5-2)14-11(8-7-9-12(14)15)10-13(16)21-6-3/h11,14H,4-10H2,1-3H3/t11-,14?/m1/s1. The number of hydrogen-bond donors (Lipinski definition) is 0. The Kier molecular flexibility index (Phi) is 8.17. The molecule has 1 fully saturated rings. The van der Waals surface area contributed by atoms with Crippen LogP contribution < -0.4 is 0 Å². The lowest BCUT2D eigenvalue weighted by Crippen LogP contribution is -2.36. The topological polar surface area (TPSA) is 69.7 Å². The van der Waals surface area contributed by atoms with Crippen molar-refractivity contribution in [3.05, 3.63) is 0 Å². The van der Waals surface area contributed by atoms with Gasteiger partial charge < -0.3 is 9.05 Å². The summed E-state index contributed by atoms with van der Waals surface area (Å²) in [4.78, 5) is 24.2. The molecule has 0 N–H and O–H groups in total. The number of rotatable bonds is 8. The van der Waals surface area contributed by atoms with Crippen LogP contribution in [-0.2, 0) is 23.2 Å². The van der Waals surface area contributed by atoms with Gasteiger partial charge >= 0.3 is 7.60 Å². The number of hydrogen-bond acceptors (Lipinski definition) is 6. The second-order valence-corrected chi connectivity index (χ2v) is 8.42. The molecule has 0 bridgehead atoms. The van der Waals surface area contributed by atoms with Gasteiger partial charge in [0.1, 0.15) is 11.4 Å². The van der Waals surface area contributed by atoms with Gasteiger partial charge in [0.2, 0.25) is 0 Å². The number of carbonyl (C=O) groups excluding carboxylic acids is 2. The van der Waals surface area contributed by atoms with Crippen LogP contribution in [0, 0.1) is 5.92 Å². The third-order valence-corrected chi connectivity index (χ3v) is 6.87. The Morgan fingerprint density at radius 1 is 1.29 bits per heavy atom. The molecule has 1 rings (SSSR count). The molecular formula is C14H25O5PS.